The number of nitrogens with one attached hydrogen (secondary N) is 1. The summed E-state index contributed by atoms with van der Waals surface area (Å²) in [6.45, 7) is 0.807. The van der Waals surface area contributed by atoms with Crippen molar-refractivity contribution in [1.29, 1.82) is 0 Å². The molecule has 2 amide bonds. The van der Waals surface area contributed by atoms with E-state index >= 15 is 0 Å². The summed E-state index contributed by atoms with van der Waals surface area (Å²) in [6.07, 6.45) is 7.11. The van der Waals surface area contributed by atoms with Crippen LogP contribution in [0.15, 0.2) is 41.9 Å². The van der Waals surface area contributed by atoms with E-state index in [2.05, 4.69) is 22.4 Å². The van der Waals surface area contributed by atoms with Gasteiger partial charge < -0.3 is 10.2 Å². The molecule has 1 aromatic carbocycles. The van der Waals surface area contributed by atoms with E-state index in [1.807, 2.05) is 34.7 Å². The monoisotopic (exact) mass is 383 g/mol. The van der Waals surface area contributed by atoms with Crippen LogP contribution in [-0.4, -0.2) is 33.8 Å². The van der Waals surface area contributed by atoms with Crippen molar-refractivity contribution in [3.63, 3.8) is 0 Å². The molecular formula is C21H25N3O2S. The lowest BCUT2D eigenvalue weighted by atomic mass is 9.85. The van der Waals surface area contributed by atoms with Crippen LogP contribution in [-0.2, 0) is 16.0 Å². The van der Waals surface area contributed by atoms with Crippen LogP contribution in [0.4, 0.5) is 0 Å². The van der Waals surface area contributed by atoms with Gasteiger partial charge in [-0.3, -0.25) is 9.59 Å². The molecule has 0 aliphatic carbocycles. The number of carbonyl (C=O) groups is 2. The highest BCUT2D eigenvalue weighted by Gasteiger charge is 2.39. The summed E-state index contributed by atoms with van der Waals surface area (Å²) in [6, 6.07) is 10.3. The van der Waals surface area contributed by atoms with Gasteiger partial charge >= 0.3 is 0 Å². The molecule has 0 spiro atoms. The first-order chi connectivity index (χ1) is 13.2. The topological polar surface area (TPSA) is 62.3 Å². The number of rotatable bonds is 6. The number of amides is 2. The van der Waals surface area contributed by atoms with Gasteiger partial charge in [-0.15, -0.1) is 11.3 Å². The van der Waals surface area contributed by atoms with E-state index in [-0.39, 0.29) is 23.4 Å². The van der Waals surface area contributed by atoms with E-state index in [9.17, 15) is 9.59 Å². The number of hydrogen-bond acceptors (Lipinski definition) is 4. The summed E-state index contributed by atoms with van der Waals surface area (Å²) >= 11 is 1.62. The minimum atomic E-state index is -0.301. The Balaban J connectivity index is 1.43. The summed E-state index contributed by atoms with van der Waals surface area (Å²) in [7, 11) is 0. The molecular weight excluding hydrogens is 358 g/mol. The summed E-state index contributed by atoms with van der Waals surface area (Å²) in [4.78, 5) is 31.3. The molecule has 2 aliphatic heterocycles. The van der Waals surface area contributed by atoms with Crippen LogP contribution >= 0.6 is 11.3 Å². The maximum atomic E-state index is 13.0. The molecule has 1 N–H and O–H groups in total. The van der Waals surface area contributed by atoms with Crippen molar-refractivity contribution in [2.45, 2.75) is 56.5 Å². The van der Waals surface area contributed by atoms with E-state index in [0.717, 1.165) is 37.2 Å². The van der Waals surface area contributed by atoms with Crippen LogP contribution in [0.1, 0.15) is 55.1 Å². The van der Waals surface area contributed by atoms with Gasteiger partial charge in [0.15, 0.2) is 0 Å². The number of thiazole rings is 1. The Morgan fingerprint density at radius 3 is 2.89 bits per heavy atom. The van der Waals surface area contributed by atoms with E-state index in [1.54, 1.807) is 11.3 Å². The van der Waals surface area contributed by atoms with Gasteiger partial charge in [-0.2, -0.15) is 0 Å². The molecule has 3 heterocycles. The largest absolute Gasteiger partial charge is 0.350 e. The Hall–Kier alpha value is -2.21. The van der Waals surface area contributed by atoms with Gasteiger partial charge in [-0.1, -0.05) is 30.3 Å². The maximum Gasteiger partial charge on any atom is 0.223 e. The molecule has 0 radical (unpaired) electrons. The molecule has 2 fully saturated rings. The zero-order chi connectivity index (χ0) is 18.7. The van der Waals surface area contributed by atoms with Crippen molar-refractivity contribution in [2.24, 2.45) is 0 Å². The van der Waals surface area contributed by atoms with E-state index in [0.29, 0.717) is 19.3 Å². The van der Waals surface area contributed by atoms with Crippen molar-refractivity contribution in [3.8, 4) is 0 Å². The predicted octanol–water partition coefficient (Wildman–Crippen LogP) is 3.48. The molecule has 6 heteroatoms. The summed E-state index contributed by atoms with van der Waals surface area (Å²) in [5.41, 5.74) is 0.902. The molecule has 4 rings (SSSR count). The number of carbonyl (C=O) groups excluding carboxylic acids is 2. The van der Waals surface area contributed by atoms with Crippen LogP contribution in [0.2, 0.25) is 0 Å². The summed E-state index contributed by atoms with van der Waals surface area (Å²) < 4.78 is 0. The maximum absolute atomic E-state index is 13.0. The molecule has 2 aromatic rings. The second kappa shape index (κ2) is 7.80. The van der Waals surface area contributed by atoms with E-state index in [4.69, 9.17) is 0 Å². The molecule has 0 bridgehead atoms. The number of benzene rings is 1. The van der Waals surface area contributed by atoms with Gasteiger partial charge in [0.1, 0.15) is 5.01 Å². The lowest BCUT2D eigenvalue weighted by Gasteiger charge is -2.31. The van der Waals surface area contributed by atoms with Crippen molar-refractivity contribution >= 4 is 23.2 Å². The van der Waals surface area contributed by atoms with Gasteiger partial charge in [0.05, 0.1) is 6.04 Å². The molecule has 1 aromatic heterocycles. The van der Waals surface area contributed by atoms with Crippen LogP contribution < -0.4 is 5.32 Å². The van der Waals surface area contributed by atoms with Crippen LogP contribution in [0.3, 0.4) is 0 Å². The van der Waals surface area contributed by atoms with Crippen molar-refractivity contribution in [2.75, 3.05) is 6.54 Å². The van der Waals surface area contributed by atoms with Crippen molar-refractivity contribution in [3.05, 3.63) is 52.5 Å². The third-order valence-corrected chi connectivity index (χ3v) is 6.62. The highest BCUT2D eigenvalue weighted by atomic mass is 32.1. The quantitative estimate of drug-likeness (QED) is 0.831. The molecule has 142 valence electrons. The molecule has 2 atom stereocenters. The number of hydrogen-bond donors (Lipinski definition) is 1. The van der Waals surface area contributed by atoms with Gasteiger partial charge in [0.2, 0.25) is 11.8 Å². The second-order valence-electron chi connectivity index (χ2n) is 7.61. The van der Waals surface area contributed by atoms with Gasteiger partial charge in [-0.25, -0.2) is 4.98 Å². The smallest absolute Gasteiger partial charge is 0.223 e. The second-order valence-corrected chi connectivity index (χ2v) is 8.53. The van der Waals surface area contributed by atoms with Crippen LogP contribution in [0.25, 0.3) is 0 Å². The molecule has 27 heavy (non-hydrogen) atoms. The molecule has 2 aliphatic rings. The number of nitrogens with zero attached hydrogens (tertiary/aromatic N) is 2. The molecule has 2 unspecified atom stereocenters. The lowest BCUT2D eigenvalue weighted by molar-refractivity contribution is -0.132. The Bertz CT molecular complexity index is 793. The van der Waals surface area contributed by atoms with Gasteiger partial charge in [0.25, 0.3) is 0 Å². The first-order valence-electron chi connectivity index (χ1n) is 9.69. The zero-order valence-electron chi connectivity index (χ0n) is 15.4. The Morgan fingerprint density at radius 1 is 1.33 bits per heavy atom. The standard InChI is InChI=1S/C21H25N3O2S/c25-18-8-10-21(23-18,15-16-5-2-1-3-6-16)11-9-19(26)24-13-4-7-17(24)20-22-12-14-27-20/h1-3,5-6,12,14,17H,4,7-11,13,15H2,(H,23,25). The van der Waals surface area contributed by atoms with Crippen LogP contribution in [0, 0.1) is 0 Å². The summed E-state index contributed by atoms with van der Waals surface area (Å²) in [5.74, 6) is 0.279. The minimum Gasteiger partial charge on any atom is -0.350 e. The minimum absolute atomic E-state index is 0.0974. The van der Waals surface area contributed by atoms with E-state index in [1.165, 1.54) is 5.56 Å². The Morgan fingerprint density at radius 2 is 2.19 bits per heavy atom. The third-order valence-electron chi connectivity index (χ3n) is 5.75. The molecule has 2 saturated heterocycles. The highest BCUT2D eigenvalue weighted by molar-refractivity contribution is 7.09. The summed E-state index contributed by atoms with van der Waals surface area (Å²) in [5, 5.41) is 6.19. The average molecular weight is 384 g/mol. The number of likely N-dealkylation sites (tertiary alicyclic amines) is 1. The van der Waals surface area contributed by atoms with Gasteiger partial charge in [-0.05, 0) is 37.7 Å². The molecule has 5 nitrogen and oxygen atoms in total. The highest BCUT2D eigenvalue weighted by Crippen LogP contribution is 2.35. The third kappa shape index (κ3) is 4.05. The predicted molar refractivity (Wildman–Crippen MR) is 105 cm³/mol. The Kier molecular flexibility index (Phi) is 5.25. The van der Waals surface area contributed by atoms with Gasteiger partial charge in [0, 0.05) is 36.5 Å². The fourth-order valence-corrected chi connectivity index (χ4v) is 5.16. The van der Waals surface area contributed by atoms with E-state index < -0.39 is 0 Å². The van der Waals surface area contributed by atoms with Crippen molar-refractivity contribution in [1.82, 2.24) is 15.2 Å². The first kappa shape index (κ1) is 18.2. The number of aromatic nitrogens is 1. The fourth-order valence-electron chi connectivity index (χ4n) is 4.38. The average Bonchev–Trinajstić information content (AvgIpc) is 3.42. The van der Waals surface area contributed by atoms with Crippen molar-refractivity contribution < 1.29 is 9.59 Å². The first-order valence-corrected chi connectivity index (χ1v) is 10.6. The zero-order valence-corrected chi connectivity index (χ0v) is 16.2. The molecule has 0 saturated carbocycles. The van der Waals surface area contributed by atoms with Crippen LogP contribution in [0.5, 0.6) is 0 Å². The lowest BCUT2D eigenvalue weighted by Crippen LogP contribution is -2.44. The normalized spacial score (nSPS) is 25.0. The Labute approximate surface area is 163 Å². The fraction of sp³-hybridized carbons (Fsp3) is 0.476. The SMILES string of the molecule is O=C1CCC(CCC(=O)N2CCCC2c2nccs2)(Cc2ccccc2)N1.